The Morgan fingerprint density at radius 1 is 1.36 bits per heavy atom. The van der Waals surface area contributed by atoms with Gasteiger partial charge in [-0.2, -0.15) is 13.2 Å². The quantitative estimate of drug-likeness (QED) is 0.663. The molecule has 0 saturated carbocycles. The van der Waals surface area contributed by atoms with Gasteiger partial charge in [-0.1, -0.05) is 23.5 Å². The number of carbonyl (C=O) groups is 1. The molecule has 1 aromatic heterocycles. The molecule has 8 nitrogen and oxygen atoms in total. The number of hydrogen-bond donors (Lipinski definition) is 2. The molecule has 13 heteroatoms. The van der Waals surface area contributed by atoms with Crippen LogP contribution in [-0.4, -0.2) is 54.4 Å². The number of aliphatic carboxylic acids is 1. The lowest BCUT2D eigenvalue weighted by Gasteiger charge is -2.06. The molecule has 0 saturated heterocycles. The Morgan fingerprint density at radius 2 is 2.04 bits per heavy atom. The summed E-state index contributed by atoms with van der Waals surface area (Å²) in [6.07, 6.45) is -3.33. The number of aliphatic imine (C=N–C) groups is 1. The maximum absolute atomic E-state index is 12.7. The molecule has 0 spiro atoms. The normalized spacial score (nSPS) is 13.6. The van der Waals surface area contributed by atoms with E-state index in [1.165, 1.54) is 18.2 Å². The fourth-order valence-corrected chi connectivity index (χ4v) is 3.35. The van der Waals surface area contributed by atoms with Crippen LogP contribution in [0, 0.1) is 0 Å². The summed E-state index contributed by atoms with van der Waals surface area (Å²) >= 11 is 0.809. The lowest BCUT2D eigenvalue weighted by molar-refractivity contribution is -0.135. The molecule has 0 aliphatic rings. The number of carboxylic acids is 1. The second-order valence-electron chi connectivity index (χ2n) is 5.41. The van der Waals surface area contributed by atoms with Crippen LogP contribution in [0.4, 0.5) is 13.2 Å². The third kappa shape index (κ3) is 5.60. The lowest BCUT2D eigenvalue weighted by atomic mass is 10.2. The number of carboxylic acid groups (broad SMARTS) is 1. The van der Waals surface area contributed by atoms with Gasteiger partial charge in [-0.25, -0.2) is 8.42 Å². The number of sulfone groups is 1. The molecule has 28 heavy (non-hydrogen) atoms. The fraction of sp³-hybridized carbons (Fsp3) is 0.200. The summed E-state index contributed by atoms with van der Waals surface area (Å²) in [5, 5.41) is 16.4. The maximum atomic E-state index is 12.7. The number of alkyl halides is 3. The maximum Gasteiger partial charge on any atom is 0.430 e. The molecule has 2 aromatic rings. The molecule has 0 bridgehead atoms. The van der Waals surface area contributed by atoms with Gasteiger partial charge in [0.2, 0.25) is 0 Å². The average Bonchev–Trinajstić information content (AvgIpc) is 3.06. The molecule has 0 aliphatic heterocycles. The van der Waals surface area contributed by atoms with E-state index in [1.807, 2.05) is 0 Å². The molecular weight excluding hydrogens is 421 g/mol. The van der Waals surface area contributed by atoms with Crippen LogP contribution in [0.15, 0.2) is 45.9 Å². The highest BCUT2D eigenvalue weighted by Crippen LogP contribution is 2.27. The Morgan fingerprint density at radius 3 is 2.61 bits per heavy atom. The highest BCUT2D eigenvalue weighted by Gasteiger charge is 2.32. The van der Waals surface area contributed by atoms with Crippen molar-refractivity contribution in [3.8, 4) is 10.6 Å². The first-order valence-corrected chi connectivity index (χ1v) is 10.0. The predicted molar refractivity (Wildman–Crippen MR) is 95.8 cm³/mol. The molecule has 0 fully saturated rings. The number of benzene rings is 1. The van der Waals surface area contributed by atoms with Gasteiger partial charge in [0, 0.05) is 11.8 Å². The molecule has 0 aliphatic carbocycles. The summed E-state index contributed by atoms with van der Waals surface area (Å²) in [6, 6.07) is 5.75. The van der Waals surface area contributed by atoms with E-state index in [0.29, 0.717) is 11.6 Å². The van der Waals surface area contributed by atoms with Crippen LogP contribution in [0.3, 0.4) is 0 Å². The van der Waals surface area contributed by atoms with E-state index in [4.69, 9.17) is 10.8 Å². The molecule has 3 N–H and O–H groups in total. The zero-order valence-electron chi connectivity index (χ0n) is 14.1. The third-order valence-electron chi connectivity index (χ3n) is 3.16. The standard InChI is InChI=1S/C15H13F3N4O4S2/c1-28(25,26)9-4-2-3-8(5-9)13-21-22-14(27-13)10(20-7-12(23)24)6-11(19)15(16,17)18/h2-6H,7,19H2,1H3,(H,23,24). The Bertz CT molecular complexity index is 1060. The van der Waals surface area contributed by atoms with E-state index in [-0.39, 0.29) is 14.9 Å². The molecule has 0 radical (unpaired) electrons. The first-order valence-electron chi connectivity index (χ1n) is 7.33. The average molecular weight is 434 g/mol. The van der Waals surface area contributed by atoms with Crippen LogP contribution >= 0.6 is 11.3 Å². The van der Waals surface area contributed by atoms with Gasteiger partial charge in [-0.15, -0.1) is 10.2 Å². The Balaban J connectivity index is 2.47. The number of rotatable bonds is 6. The third-order valence-corrected chi connectivity index (χ3v) is 5.26. The van der Waals surface area contributed by atoms with Crippen molar-refractivity contribution in [3.63, 3.8) is 0 Å². The largest absolute Gasteiger partial charge is 0.480 e. The number of hydrogen-bond acceptors (Lipinski definition) is 8. The predicted octanol–water partition coefficient (Wildman–Crippen LogP) is 1.89. The minimum atomic E-state index is -4.83. The first kappa shape index (κ1) is 21.5. The van der Waals surface area contributed by atoms with Gasteiger partial charge in [0.05, 0.1) is 10.6 Å². The zero-order valence-corrected chi connectivity index (χ0v) is 15.8. The van der Waals surface area contributed by atoms with Crippen molar-refractivity contribution in [1.29, 1.82) is 0 Å². The zero-order chi connectivity index (χ0) is 21.1. The van der Waals surface area contributed by atoms with Gasteiger partial charge >= 0.3 is 12.1 Å². The van der Waals surface area contributed by atoms with E-state index in [9.17, 15) is 26.4 Å². The van der Waals surface area contributed by atoms with Crippen molar-refractivity contribution >= 4 is 32.9 Å². The van der Waals surface area contributed by atoms with Crippen molar-refractivity contribution in [2.75, 3.05) is 12.8 Å². The highest BCUT2D eigenvalue weighted by molar-refractivity contribution is 7.90. The van der Waals surface area contributed by atoms with E-state index >= 15 is 0 Å². The molecule has 1 aromatic carbocycles. The van der Waals surface area contributed by atoms with Crippen molar-refractivity contribution < 1.29 is 31.5 Å². The summed E-state index contributed by atoms with van der Waals surface area (Å²) in [6.45, 7) is -0.796. The molecule has 0 atom stereocenters. The smallest absolute Gasteiger partial charge is 0.430 e. The van der Waals surface area contributed by atoms with Gasteiger partial charge in [-0.3, -0.25) is 9.79 Å². The number of allylic oxidation sites excluding steroid dienone is 2. The van der Waals surface area contributed by atoms with Crippen LogP contribution in [0.1, 0.15) is 5.01 Å². The van der Waals surface area contributed by atoms with Gasteiger partial charge in [0.25, 0.3) is 0 Å². The first-order chi connectivity index (χ1) is 12.9. The van der Waals surface area contributed by atoms with Crippen LogP contribution in [0.25, 0.3) is 10.6 Å². The van der Waals surface area contributed by atoms with Crippen molar-refractivity contribution in [2.45, 2.75) is 11.1 Å². The number of aromatic nitrogens is 2. The van der Waals surface area contributed by atoms with Gasteiger partial charge in [0.1, 0.15) is 17.2 Å². The Hall–Kier alpha value is -2.80. The van der Waals surface area contributed by atoms with Crippen molar-refractivity contribution in [3.05, 3.63) is 41.0 Å². The van der Waals surface area contributed by atoms with Gasteiger partial charge in [0.15, 0.2) is 14.8 Å². The Kier molecular flexibility index (Phi) is 6.19. The minimum absolute atomic E-state index is 0.0303. The van der Waals surface area contributed by atoms with Crippen molar-refractivity contribution in [1.82, 2.24) is 10.2 Å². The van der Waals surface area contributed by atoms with Crippen LogP contribution < -0.4 is 5.73 Å². The SMILES string of the molecule is CS(=O)(=O)c1cccc(-c2nnc(C(C=C(N)C(F)(F)F)=NCC(=O)O)s2)c1. The topological polar surface area (TPSA) is 136 Å². The van der Waals surface area contributed by atoms with Gasteiger partial charge < -0.3 is 10.8 Å². The second kappa shape index (κ2) is 8.06. The fourth-order valence-electron chi connectivity index (χ4n) is 1.86. The summed E-state index contributed by atoms with van der Waals surface area (Å²) in [5.41, 5.74) is 3.47. The highest BCUT2D eigenvalue weighted by atomic mass is 32.2. The molecule has 0 amide bonds. The second-order valence-corrected chi connectivity index (χ2v) is 8.40. The van der Waals surface area contributed by atoms with E-state index in [2.05, 4.69) is 15.2 Å². The van der Waals surface area contributed by atoms with Gasteiger partial charge in [-0.05, 0) is 18.2 Å². The van der Waals surface area contributed by atoms with E-state index in [1.54, 1.807) is 6.07 Å². The molecule has 0 unspecified atom stereocenters. The lowest BCUT2D eigenvalue weighted by Crippen LogP contribution is -2.21. The number of nitrogens with two attached hydrogens (primary N) is 1. The van der Waals surface area contributed by atoms with Crippen LogP contribution in [-0.2, 0) is 14.6 Å². The molecular formula is C15H13F3N4O4S2. The van der Waals surface area contributed by atoms with E-state index in [0.717, 1.165) is 17.6 Å². The summed E-state index contributed by atoms with van der Waals surface area (Å²) in [4.78, 5) is 14.3. The molecule has 150 valence electrons. The summed E-state index contributed by atoms with van der Waals surface area (Å²) in [7, 11) is -3.48. The van der Waals surface area contributed by atoms with E-state index < -0.39 is 39.9 Å². The van der Waals surface area contributed by atoms with Crippen LogP contribution in [0.2, 0.25) is 0 Å². The monoisotopic (exact) mass is 434 g/mol. The number of nitrogens with zero attached hydrogens (tertiary/aromatic N) is 3. The number of halogens is 3. The van der Waals surface area contributed by atoms with Crippen molar-refractivity contribution in [2.24, 2.45) is 10.7 Å². The summed E-state index contributed by atoms with van der Waals surface area (Å²) in [5.74, 6) is -1.36. The molecule has 1 heterocycles. The Labute approximate surface area is 161 Å². The van der Waals surface area contributed by atoms with Crippen LogP contribution in [0.5, 0.6) is 0 Å². The molecule has 2 rings (SSSR count). The minimum Gasteiger partial charge on any atom is -0.480 e. The summed E-state index contributed by atoms with van der Waals surface area (Å²) < 4.78 is 61.4.